The molecule has 2 heterocycles. The molecule has 0 fully saturated rings. The van der Waals surface area contributed by atoms with Gasteiger partial charge in [0.1, 0.15) is 17.3 Å². The molecule has 9 rings (SSSR count). The first-order valence-corrected chi connectivity index (χ1v) is 13.6. The van der Waals surface area contributed by atoms with Crippen LogP contribution in [-0.4, -0.2) is 4.57 Å². The van der Waals surface area contributed by atoms with Crippen molar-refractivity contribution in [3.8, 4) is 28.3 Å². The van der Waals surface area contributed by atoms with Crippen molar-refractivity contribution >= 4 is 21.8 Å². The summed E-state index contributed by atoms with van der Waals surface area (Å²) in [6.45, 7) is 0. The van der Waals surface area contributed by atoms with Gasteiger partial charge in [-0.05, 0) is 70.8 Å². The Labute approximate surface area is 230 Å². The average Bonchev–Trinajstić information content (AvgIpc) is 3.48. The molecule has 1 spiro atoms. The summed E-state index contributed by atoms with van der Waals surface area (Å²) in [5, 5.41) is 2.24. The van der Waals surface area contributed by atoms with Gasteiger partial charge in [-0.3, -0.25) is 0 Å². The number of aromatic nitrogens is 1. The number of para-hydroxylation sites is 2. The molecule has 3 heteroatoms. The topological polar surface area (TPSA) is 14.2 Å². The number of hydrogen-bond acceptors (Lipinski definition) is 1. The van der Waals surface area contributed by atoms with Gasteiger partial charge in [0.15, 0.2) is 0 Å². The van der Waals surface area contributed by atoms with E-state index in [1.54, 1.807) is 0 Å². The zero-order valence-electron chi connectivity index (χ0n) is 21.4. The summed E-state index contributed by atoms with van der Waals surface area (Å²) in [5.41, 5.74) is 9.81. The molecule has 188 valence electrons. The van der Waals surface area contributed by atoms with Crippen LogP contribution in [0.4, 0.5) is 4.39 Å². The molecule has 0 amide bonds. The fourth-order valence-corrected chi connectivity index (χ4v) is 7.19. The van der Waals surface area contributed by atoms with Crippen molar-refractivity contribution in [1.29, 1.82) is 0 Å². The zero-order chi connectivity index (χ0) is 26.4. The fraction of sp³-hybridized carbons (Fsp3) is 0.0270. The predicted octanol–water partition coefficient (Wildman–Crippen LogP) is 9.39. The normalized spacial score (nSPS) is 14.0. The van der Waals surface area contributed by atoms with E-state index < -0.39 is 5.41 Å². The molecule has 0 radical (unpaired) electrons. The van der Waals surface area contributed by atoms with Gasteiger partial charge in [0.2, 0.25) is 0 Å². The number of rotatable bonds is 1. The van der Waals surface area contributed by atoms with Crippen molar-refractivity contribution in [1.82, 2.24) is 4.57 Å². The molecule has 0 atom stereocenters. The van der Waals surface area contributed by atoms with Crippen molar-refractivity contribution < 1.29 is 9.13 Å². The maximum Gasteiger partial charge on any atom is 0.133 e. The molecule has 0 saturated carbocycles. The Morgan fingerprint density at radius 2 is 1.12 bits per heavy atom. The van der Waals surface area contributed by atoms with Gasteiger partial charge in [-0.25, -0.2) is 4.39 Å². The van der Waals surface area contributed by atoms with Gasteiger partial charge in [0.05, 0.1) is 16.4 Å². The molecule has 1 aliphatic carbocycles. The molecule has 6 aromatic carbocycles. The molecule has 0 N–H and O–H groups in total. The summed E-state index contributed by atoms with van der Waals surface area (Å²) in [7, 11) is 0. The van der Waals surface area contributed by atoms with Crippen molar-refractivity contribution in [2.75, 3.05) is 0 Å². The SMILES string of the molecule is Fc1ccc(-n2c3ccccc3c3cc4c(cc32)C2(c3ccccc3O4)c3ccccc3-c3ccccc32)cc1. The number of fused-ring (bicyclic) bond motifs is 12. The summed E-state index contributed by atoms with van der Waals surface area (Å²) in [6.07, 6.45) is 0. The standard InChI is InChI=1S/C37H22FNO/c38-23-17-19-24(20-18-23)39-33-15-7-3-11-27(33)28-21-36-32(22-34(28)39)37(31-14-6-8-16-35(31)40-36)29-12-4-1-9-25(29)26-10-2-5-13-30(26)37/h1-22H. The third kappa shape index (κ3) is 2.62. The third-order valence-electron chi connectivity index (χ3n) is 8.73. The second kappa shape index (κ2) is 7.71. The monoisotopic (exact) mass is 515 g/mol. The van der Waals surface area contributed by atoms with Gasteiger partial charge in [-0.1, -0.05) is 84.9 Å². The summed E-state index contributed by atoms with van der Waals surface area (Å²) < 4.78 is 22.9. The molecule has 2 aliphatic rings. The van der Waals surface area contributed by atoms with E-state index in [0.29, 0.717) is 0 Å². The van der Waals surface area contributed by atoms with Crippen LogP contribution in [0.5, 0.6) is 11.5 Å². The molecule has 0 unspecified atom stereocenters. The average molecular weight is 516 g/mol. The number of halogens is 1. The maximum absolute atomic E-state index is 14.0. The number of hydrogen-bond donors (Lipinski definition) is 0. The molecule has 0 saturated heterocycles. The van der Waals surface area contributed by atoms with E-state index in [2.05, 4.69) is 108 Å². The fourth-order valence-electron chi connectivity index (χ4n) is 7.19. The Hall–Kier alpha value is -5.15. The van der Waals surface area contributed by atoms with E-state index in [-0.39, 0.29) is 5.82 Å². The summed E-state index contributed by atoms with van der Waals surface area (Å²) >= 11 is 0. The van der Waals surface area contributed by atoms with E-state index in [0.717, 1.165) is 50.1 Å². The predicted molar refractivity (Wildman–Crippen MR) is 158 cm³/mol. The van der Waals surface area contributed by atoms with Gasteiger partial charge in [0, 0.05) is 27.6 Å². The minimum Gasteiger partial charge on any atom is -0.457 e. The maximum atomic E-state index is 14.0. The van der Waals surface area contributed by atoms with E-state index in [1.165, 1.54) is 34.4 Å². The van der Waals surface area contributed by atoms with E-state index >= 15 is 0 Å². The Balaban J connectivity index is 1.47. The smallest absolute Gasteiger partial charge is 0.133 e. The van der Waals surface area contributed by atoms with E-state index in [9.17, 15) is 4.39 Å². The lowest BCUT2D eigenvalue weighted by atomic mass is 9.66. The Bertz CT molecular complexity index is 2110. The minimum absolute atomic E-state index is 0.245. The Morgan fingerprint density at radius 1 is 0.500 bits per heavy atom. The highest BCUT2D eigenvalue weighted by Gasteiger charge is 2.51. The highest BCUT2D eigenvalue weighted by Crippen LogP contribution is 2.62. The highest BCUT2D eigenvalue weighted by molar-refractivity contribution is 6.10. The second-order valence-electron chi connectivity index (χ2n) is 10.6. The Kier molecular flexibility index (Phi) is 4.19. The van der Waals surface area contributed by atoms with Crippen molar-refractivity contribution in [2.24, 2.45) is 0 Å². The largest absolute Gasteiger partial charge is 0.457 e. The lowest BCUT2D eigenvalue weighted by molar-refractivity contribution is 0.437. The van der Waals surface area contributed by atoms with E-state index in [4.69, 9.17) is 4.74 Å². The van der Waals surface area contributed by atoms with Crippen LogP contribution in [0.2, 0.25) is 0 Å². The first kappa shape index (κ1) is 21.7. The number of ether oxygens (including phenoxy) is 1. The van der Waals surface area contributed by atoms with Crippen LogP contribution < -0.4 is 4.74 Å². The van der Waals surface area contributed by atoms with Crippen LogP contribution in [0.3, 0.4) is 0 Å². The van der Waals surface area contributed by atoms with E-state index in [1.807, 2.05) is 18.2 Å². The van der Waals surface area contributed by atoms with Gasteiger partial charge in [-0.15, -0.1) is 0 Å². The van der Waals surface area contributed by atoms with Crippen LogP contribution in [0.15, 0.2) is 133 Å². The van der Waals surface area contributed by atoms with Gasteiger partial charge in [0.25, 0.3) is 0 Å². The quantitative estimate of drug-likeness (QED) is 0.212. The number of nitrogens with zero attached hydrogens (tertiary/aromatic N) is 1. The molecule has 2 nitrogen and oxygen atoms in total. The molecule has 1 aliphatic heterocycles. The van der Waals surface area contributed by atoms with Gasteiger partial charge >= 0.3 is 0 Å². The summed E-state index contributed by atoms with van der Waals surface area (Å²) in [4.78, 5) is 0. The van der Waals surface area contributed by atoms with Crippen LogP contribution in [0.25, 0.3) is 38.6 Å². The first-order chi connectivity index (χ1) is 19.7. The van der Waals surface area contributed by atoms with Crippen LogP contribution >= 0.6 is 0 Å². The van der Waals surface area contributed by atoms with Crippen LogP contribution in [0, 0.1) is 5.82 Å². The van der Waals surface area contributed by atoms with Crippen LogP contribution in [-0.2, 0) is 5.41 Å². The number of benzene rings is 6. The molecule has 0 bridgehead atoms. The third-order valence-corrected chi connectivity index (χ3v) is 8.73. The van der Waals surface area contributed by atoms with Crippen LogP contribution in [0.1, 0.15) is 22.3 Å². The second-order valence-corrected chi connectivity index (χ2v) is 10.6. The van der Waals surface area contributed by atoms with Gasteiger partial charge in [-0.2, -0.15) is 0 Å². The summed E-state index contributed by atoms with van der Waals surface area (Å²) in [5.74, 6) is 1.49. The molecule has 40 heavy (non-hydrogen) atoms. The molecule has 1 aromatic heterocycles. The molecule has 7 aromatic rings. The molecular formula is C37H22FNO. The first-order valence-electron chi connectivity index (χ1n) is 13.6. The lowest BCUT2D eigenvalue weighted by Crippen LogP contribution is -2.32. The highest BCUT2D eigenvalue weighted by atomic mass is 19.1. The Morgan fingerprint density at radius 3 is 1.88 bits per heavy atom. The molecular weight excluding hydrogens is 493 g/mol. The van der Waals surface area contributed by atoms with Gasteiger partial charge < -0.3 is 9.30 Å². The lowest BCUT2D eigenvalue weighted by Gasteiger charge is -2.39. The van der Waals surface area contributed by atoms with Crippen molar-refractivity contribution in [2.45, 2.75) is 5.41 Å². The minimum atomic E-state index is -0.532. The van der Waals surface area contributed by atoms with Crippen molar-refractivity contribution in [3.05, 3.63) is 162 Å². The van der Waals surface area contributed by atoms with Crippen molar-refractivity contribution in [3.63, 3.8) is 0 Å². The summed E-state index contributed by atoms with van der Waals surface area (Å²) in [6, 6.07) is 45.6. The zero-order valence-corrected chi connectivity index (χ0v) is 21.4.